The van der Waals surface area contributed by atoms with Gasteiger partial charge in [0.15, 0.2) is 5.96 Å². The van der Waals surface area contributed by atoms with Gasteiger partial charge in [-0.25, -0.2) is 4.99 Å². The minimum Gasteiger partial charge on any atom is -0.396 e. The topological polar surface area (TPSA) is 106 Å². The van der Waals surface area contributed by atoms with E-state index < -0.39 is 0 Å². The fourth-order valence-corrected chi connectivity index (χ4v) is 4.33. The lowest BCUT2D eigenvalue weighted by Gasteiger charge is -2.33. The third-order valence-corrected chi connectivity index (χ3v) is 6.25. The number of rotatable bonds is 8. The molecule has 8 nitrogen and oxygen atoms in total. The van der Waals surface area contributed by atoms with Gasteiger partial charge in [0.05, 0.1) is 13.1 Å². The number of amides is 1. The van der Waals surface area contributed by atoms with E-state index in [1.165, 1.54) is 11.3 Å². The number of nitrogens with zero attached hydrogens (tertiary/aromatic N) is 3. The van der Waals surface area contributed by atoms with Crippen molar-refractivity contribution in [3.05, 3.63) is 29.8 Å². The van der Waals surface area contributed by atoms with Gasteiger partial charge in [-0.2, -0.15) is 0 Å². The van der Waals surface area contributed by atoms with Crippen LogP contribution < -0.4 is 21.3 Å². The summed E-state index contributed by atoms with van der Waals surface area (Å²) in [5.41, 5.74) is 7.73. The molecule has 2 heterocycles. The lowest BCUT2D eigenvalue weighted by Crippen LogP contribution is -2.49. The molecular formula is C23H38N6O2. The fraction of sp³-hybridized carbons (Fsp3) is 0.652. The molecule has 1 aromatic rings. The molecule has 0 unspecified atom stereocenters. The number of hydrogen-bond donors (Lipinski definition) is 4. The van der Waals surface area contributed by atoms with Crippen molar-refractivity contribution in [1.29, 1.82) is 0 Å². The van der Waals surface area contributed by atoms with Gasteiger partial charge in [-0.1, -0.05) is 12.1 Å². The van der Waals surface area contributed by atoms with Crippen molar-refractivity contribution in [3.63, 3.8) is 0 Å². The second-order valence-corrected chi connectivity index (χ2v) is 8.64. The number of carbonyl (C=O) groups excluding carboxylic acids is 1. The predicted octanol–water partition coefficient (Wildman–Crippen LogP) is 0.900. The zero-order chi connectivity index (χ0) is 22.1. The van der Waals surface area contributed by atoms with E-state index in [1.807, 2.05) is 0 Å². The predicted molar refractivity (Wildman–Crippen MR) is 125 cm³/mol. The standard InChI is InChI=1S/C23H38N6O2/c1-2-25-23(27-20-9-11-28(12-10-20)16-22(24)31)26-15-18-3-5-21(6-4-18)29-13-7-19(17-30)8-14-29/h3-6,19-20,30H,2,7-17H2,1H3,(H2,24,31)(H2,25,26,27). The Morgan fingerprint density at radius 1 is 1.13 bits per heavy atom. The monoisotopic (exact) mass is 430 g/mol. The van der Waals surface area contributed by atoms with E-state index in [4.69, 9.17) is 10.7 Å². The largest absolute Gasteiger partial charge is 0.396 e. The Balaban J connectivity index is 1.49. The van der Waals surface area contributed by atoms with Crippen LogP contribution in [0.1, 0.15) is 38.2 Å². The number of aliphatic hydroxyl groups is 1. The molecule has 0 saturated carbocycles. The summed E-state index contributed by atoms with van der Waals surface area (Å²) < 4.78 is 0. The van der Waals surface area contributed by atoms with Crippen LogP contribution >= 0.6 is 0 Å². The summed E-state index contributed by atoms with van der Waals surface area (Å²) in [5.74, 6) is 1.03. The number of primary amides is 1. The van der Waals surface area contributed by atoms with E-state index in [2.05, 4.69) is 51.6 Å². The first kappa shape index (κ1) is 23.3. The number of anilines is 1. The molecule has 0 spiro atoms. The minimum atomic E-state index is -0.262. The molecule has 0 atom stereocenters. The van der Waals surface area contributed by atoms with Crippen LogP contribution in [0.5, 0.6) is 0 Å². The van der Waals surface area contributed by atoms with E-state index in [1.54, 1.807) is 0 Å². The van der Waals surface area contributed by atoms with Crippen LogP contribution in [0.3, 0.4) is 0 Å². The zero-order valence-corrected chi connectivity index (χ0v) is 18.7. The maximum absolute atomic E-state index is 11.1. The Morgan fingerprint density at radius 2 is 1.81 bits per heavy atom. The van der Waals surface area contributed by atoms with E-state index >= 15 is 0 Å². The van der Waals surface area contributed by atoms with Crippen molar-refractivity contribution in [2.24, 2.45) is 16.6 Å². The van der Waals surface area contributed by atoms with Crippen LogP contribution in [0.25, 0.3) is 0 Å². The molecule has 5 N–H and O–H groups in total. The number of nitrogens with one attached hydrogen (secondary N) is 2. The number of aliphatic hydroxyl groups excluding tert-OH is 1. The third kappa shape index (κ3) is 7.40. The number of piperidine rings is 2. The molecule has 0 bridgehead atoms. The summed E-state index contributed by atoms with van der Waals surface area (Å²) in [6.45, 7) is 7.92. The maximum atomic E-state index is 11.1. The molecule has 2 fully saturated rings. The van der Waals surface area contributed by atoms with E-state index in [9.17, 15) is 9.90 Å². The highest BCUT2D eigenvalue weighted by Gasteiger charge is 2.21. The van der Waals surface area contributed by atoms with E-state index in [-0.39, 0.29) is 5.91 Å². The Morgan fingerprint density at radius 3 is 2.39 bits per heavy atom. The van der Waals surface area contributed by atoms with Crippen molar-refractivity contribution in [2.45, 2.75) is 45.2 Å². The molecule has 1 aromatic carbocycles. The minimum absolute atomic E-state index is 0.262. The van der Waals surface area contributed by atoms with Gasteiger partial charge in [-0.05, 0) is 56.2 Å². The quantitative estimate of drug-likeness (QED) is 0.361. The molecule has 8 heteroatoms. The molecule has 2 aliphatic heterocycles. The summed E-state index contributed by atoms with van der Waals surface area (Å²) in [4.78, 5) is 20.4. The van der Waals surface area contributed by atoms with Gasteiger partial charge >= 0.3 is 0 Å². The van der Waals surface area contributed by atoms with Crippen LogP contribution in [-0.4, -0.2) is 73.8 Å². The summed E-state index contributed by atoms with van der Waals surface area (Å²) in [7, 11) is 0. The van der Waals surface area contributed by atoms with Crippen LogP contribution in [0.15, 0.2) is 29.3 Å². The summed E-state index contributed by atoms with van der Waals surface area (Å²) in [5, 5.41) is 16.2. The number of nitrogens with two attached hydrogens (primary N) is 1. The van der Waals surface area contributed by atoms with Gasteiger partial charge in [0.1, 0.15) is 0 Å². The second kappa shape index (κ2) is 11.9. The molecule has 2 aliphatic rings. The molecule has 172 valence electrons. The smallest absolute Gasteiger partial charge is 0.231 e. The van der Waals surface area contributed by atoms with Crippen molar-refractivity contribution in [3.8, 4) is 0 Å². The first-order chi connectivity index (χ1) is 15.1. The van der Waals surface area contributed by atoms with Crippen LogP contribution in [-0.2, 0) is 11.3 Å². The Hall–Kier alpha value is -2.32. The van der Waals surface area contributed by atoms with Crippen LogP contribution in [0.2, 0.25) is 0 Å². The zero-order valence-electron chi connectivity index (χ0n) is 18.7. The normalized spacial score (nSPS) is 19.4. The van der Waals surface area contributed by atoms with Gasteiger partial charge in [0.2, 0.25) is 5.91 Å². The lowest BCUT2D eigenvalue weighted by molar-refractivity contribution is -0.119. The van der Waals surface area contributed by atoms with Crippen molar-refractivity contribution >= 4 is 17.6 Å². The lowest BCUT2D eigenvalue weighted by atomic mass is 9.97. The number of hydrogen-bond acceptors (Lipinski definition) is 5. The molecule has 1 amide bonds. The van der Waals surface area contributed by atoms with Gasteiger partial charge in [0, 0.05) is 51.1 Å². The number of carbonyl (C=O) groups is 1. The van der Waals surface area contributed by atoms with E-state index in [0.717, 1.165) is 64.4 Å². The highest BCUT2D eigenvalue weighted by atomic mass is 16.3. The molecule has 0 radical (unpaired) electrons. The number of likely N-dealkylation sites (tertiary alicyclic amines) is 1. The Kier molecular flexibility index (Phi) is 8.97. The second-order valence-electron chi connectivity index (χ2n) is 8.64. The summed E-state index contributed by atoms with van der Waals surface area (Å²) >= 11 is 0. The highest BCUT2D eigenvalue weighted by Crippen LogP contribution is 2.23. The third-order valence-electron chi connectivity index (χ3n) is 6.25. The van der Waals surface area contributed by atoms with Gasteiger partial charge < -0.3 is 26.4 Å². The number of benzene rings is 1. The first-order valence-electron chi connectivity index (χ1n) is 11.6. The molecule has 3 rings (SSSR count). The molecule has 31 heavy (non-hydrogen) atoms. The highest BCUT2D eigenvalue weighted by molar-refractivity contribution is 5.80. The van der Waals surface area contributed by atoms with E-state index in [0.29, 0.717) is 31.7 Å². The molecular weight excluding hydrogens is 392 g/mol. The van der Waals surface area contributed by atoms with Crippen molar-refractivity contribution in [1.82, 2.24) is 15.5 Å². The van der Waals surface area contributed by atoms with Gasteiger partial charge in [-0.15, -0.1) is 0 Å². The van der Waals surface area contributed by atoms with Gasteiger partial charge in [-0.3, -0.25) is 9.69 Å². The maximum Gasteiger partial charge on any atom is 0.231 e. The van der Waals surface area contributed by atoms with Gasteiger partial charge in [0.25, 0.3) is 0 Å². The summed E-state index contributed by atoms with van der Waals surface area (Å²) in [6.07, 6.45) is 4.06. The van der Waals surface area contributed by atoms with Crippen molar-refractivity contribution in [2.75, 3.05) is 50.8 Å². The number of aliphatic imine (C=N–C) groups is 1. The average Bonchev–Trinajstić information content (AvgIpc) is 2.79. The SMILES string of the molecule is CCNC(=NCc1ccc(N2CCC(CO)CC2)cc1)NC1CCN(CC(N)=O)CC1. The molecule has 0 aliphatic carbocycles. The van der Waals surface area contributed by atoms with Crippen molar-refractivity contribution < 1.29 is 9.90 Å². The number of guanidine groups is 1. The van der Waals surface area contributed by atoms with Crippen LogP contribution in [0.4, 0.5) is 5.69 Å². The molecule has 0 aromatic heterocycles. The van der Waals surface area contributed by atoms with Crippen LogP contribution in [0, 0.1) is 5.92 Å². The average molecular weight is 431 g/mol. The summed E-state index contributed by atoms with van der Waals surface area (Å²) in [6, 6.07) is 9.02. The molecule has 2 saturated heterocycles. The first-order valence-corrected chi connectivity index (χ1v) is 11.6. The fourth-order valence-electron chi connectivity index (χ4n) is 4.33. The Bertz CT molecular complexity index is 707. The Labute approximate surface area is 185 Å².